The summed E-state index contributed by atoms with van der Waals surface area (Å²) in [5, 5.41) is 48.9. The number of hydrogen-bond acceptors (Lipinski definition) is 9. The molecule has 0 rings (SSSR count). The Morgan fingerprint density at radius 3 is 1.33 bits per heavy atom. The van der Waals surface area contributed by atoms with E-state index < -0.39 is 44.9 Å². The first-order valence-corrected chi connectivity index (χ1v) is 14.5. The minimum absolute atomic E-state index is 0. The van der Waals surface area contributed by atoms with E-state index in [9.17, 15) is 34.8 Å². The average Bonchev–Trinajstić information content (AvgIpc) is 2.77. The van der Waals surface area contributed by atoms with Crippen molar-refractivity contribution in [2.75, 3.05) is 6.61 Å². The normalized spacial score (nSPS) is 16.1. The maximum atomic E-state index is 10.6. The number of aliphatic hydroxyl groups excluding tert-OH is 5. The Morgan fingerprint density at radius 2 is 1.00 bits per heavy atom. The number of phosphoric acid groups is 1. The smallest absolute Gasteiger partial charge is 0.790 e. The van der Waals surface area contributed by atoms with E-state index in [4.69, 9.17) is 5.11 Å². The molecule has 0 aromatic rings. The van der Waals surface area contributed by atoms with Crippen LogP contribution in [-0.4, -0.2) is 62.7 Å². The molecule has 0 fully saturated rings. The Hall–Kier alpha value is 1.91. The van der Waals surface area contributed by atoms with Crippen molar-refractivity contribution in [2.24, 2.45) is 5.92 Å². The van der Waals surface area contributed by atoms with Crippen molar-refractivity contribution in [2.45, 2.75) is 141 Å². The maximum absolute atomic E-state index is 10.6. The standard InChI is InChI=1S/C24H51O9P.2Na/c1-19(2)16-14-12-10-8-6-4-3-5-7-9-11-13-15-17-20(26)22(27)24(29)23(28)21(18-25)33-34(30,31)32;;/h19-29H,3-18H2,1-2H3,(H2,30,31,32);;/q;2*+1/p-2/t20?,21-,22-,23-,24-;;/m1../s1. The largest absolute Gasteiger partial charge is 1.00 e. The average molecular weight is 559 g/mol. The van der Waals surface area contributed by atoms with E-state index in [-0.39, 0.29) is 65.5 Å². The van der Waals surface area contributed by atoms with Crippen LogP contribution in [0.25, 0.3) is 0 Å². The fraction of sp³-hybridized carbons (Fsp3) is 1.00. The summed E-state index contributed by atoms with van der Waals surface area (Å²) in [6.07, 6.45) is 7.70. The molecule has 0 bridgehead atoms. The minimum atomic E-state index is -5.51. The third kappa shape index (κ3) is 23.8. The van der Waals surface area contributed by atoms with Crippen molar-refractivity contribution in [3.63, 3.8) is 0 Å². The van der Waals surface area contributed by atoms with Gasteiger partial charge in [-0.2, -0.15) is 0 Å². The van der Waals surface area contributed by atoms with Crippen LogP contribution in [-0.2, 0) is 9.09 Å². The third-order valence-corrected chi connectivity index (χ3v) is 6.73. The zero-order valence-corrected chi connectivity index (χ0v) is 28.0. The van der Waals surface area contributed by atoms with E-state index >= 15 is 0 Å². The van der Waals surface area contributed by atoms with Gasteiger partial charge in [-0.3, -0.25) is 0 Å². The summed E-state index contributed by atoms with van der Waals surface area (Å²) in [6.45, 7) is 3.49. The van der Waals surface area contributed by atoms with Gasteiger partial charge in [0.1, 0.15) is 24.4 Å². The summed E-state index contributed by atoms with van der Waals surface area (Å²) in [7, 11) is -5.51. The SMILES string of the molecule is CC(C)CCCCCCCCCCCCCCCC(O)[C@@H](O)[C@@H](O)[C@H](O)[C@@H](CO)OP(=O)([O-])[O-].[Na+].[Na+]. The van der Waals surface area contributed by atoms with Gasteiger partial charge >= 0.3 is 59.1 Å². The van der Waals surface area contributed by atoms with Gasteiger partial charge in [-0.05, 0) is 12.3 Å². The van der Waals surface area contributed by atoms with Gasteiger partial charge in [0.2, 0.25) is 0 Å². The van der Waals surface area contributed by atoms with E-state index in [2.05, 4.69) is 18.4 Å². The van der Waals surface area contributed by atoms with E-state index in [0.717, 1.165) is 25.2 Å². The van der Waals surface area contributed by atoms with Crippen LogP contribution in [0.3, 0.4) is 0 Å². The topological polar surface area (TPSA) is 174 Å². The van der Waals surface area contributed by atoms with Gasteiger partial charge in [-0.15, -0.1) is 0 Å². The van der Waals surface area contributed by atoms with Crippen LogP contribution in [0.15, 0.2) is 0 Å². The molecule has 0 saturated heterocycles. The monoisotopic (exact) mass is 558 g/mol. The molecule has 0 heterocycles. The van der Waals surface area contributed by atoms with Crippen LogP contribution in [0, 0.1) is 5.92 Å². The molecule has 12 heteroatoms. The van der Waals surface area contributed by atoms with Crippen molar-refractivity contribution >= 4 is 7.82 Å². The van der Waals surface area contributed by atoms with Crippen LogP contribution in [0.4, 0.5) is 0 Å². The quantitative estimate of drug-likeness (QED) is 0.0478. The predicted octanol–water partition coefficient (Wildman–Crippen LogP) is -3.85. The molecule has 9 nitrogen and oxygen atoms in total. The van der Waals surface area contributed by atoms with Crippen molar-refractivity contribution in [3.8, 4) is 0 Å². The first-order chi connectivity index (χ1) is 16.0. The molecule has 36 heavy (non-hydrogen) atoms. The van der Waals surface area contributed by atoms with Gasteiger partial charge in [0.25, 0.3) is 0 Å². The first-order valence-electron chi connectivity index (χ1n) is 13.0. The van der Waals surface area contributed by atoms with Crippen molar-refractivity contribution in [3.05, 3.63) is 0 Å². The minimum Gasteiger partial charge on any atom is -0.790 e. The Balaban J connectivity index is -0.00000544. The van der Waals surface area contributed by atoms with Crippen molar-refractivity contribution in [1.82, 2.24) is 0 Å². The Morgan fingerprint density at radius 1 is 0.639 bits per heavy atom. The van der Waals surface area contributed by atoms with Crippen molar-refractivity contribution < 1.29 is 104 Å². The van der Waals surface area contributed by atoms with Crippen LogP contribution < -0.4 is 68.9 Å². The number of phosphoric ester groups is 1. The first kappa shape index (κ1) is 42.4. The summed E-state index contributed by atoms with van der Waals surface area (Å²) in [4.78, 5) is 21.3. The van der Waals surface area contributed by atoms with Gasteiger partial charge in [0.15, 0.2) is 0 Å². The Bertz CT molecular complexity index is 526. The molecule has 5 N–H and O–H groups in total. The molecular formula is C24H49Na2O9P. The van der Waals surface area contributed by atoms with Crippen LogP contribution >= 0.6 is 7.82 Å². The van der Waals surface area contributed by atoms with Gasteiger partial charge in [0.05, 0.1) is 20.5 Å². The summed E-state index contributed by atoms with van der Waals surface area (Å²) in [5.41, 5.74) is 0. The van der Waals surface area contributed by atoms with Gasteiger partial charge in [-0.25, -0.2) is 0 Å². The second-order valence-corrected chi connectivity index (χ2v) is 11.0. The van der Waals surface area contributed by atoms with E-state index in [1.807, 2.05) is 0 Å². The number of hydrogen-bond donors (Lipinski definition) is 5. The van der Waals surface area contributed by atoms with Gasteiger partial charge < -0.3 is 44.4 Å². The summed E-state index contributed by atoms with van der Waals surface area (Å²) in [6, 6.07) is 0. The van der Waals surface area contributed by atoms with E-state index in [0.29, 0.717) is 6.42 Å². The van der Waals surface area contributed by atoms with Crippen molar-refractivity contribution in [1.29, 1.82) is 0 Å². The summed E-state index contributed by atoms with van der Waals surface area (Å²) < 4.78 is 14.6. The van der Waals surface area contributed by atoms with E-state index in [1.54, 1.807) is 0 Å². The second-order valence-electron chi connectivity index (χ2n) is 9.88. The Labute approximate surface area is 262 Å². The molecule has 0 aliphatic rings. The molecule has 0 saturated carbocycles. The number of aliphatic hydroxyl groups is 5. The number of rotatable bonds is 23. The van der Waals surface area contributed by atoms with Gasteiger partial charge in [-0.1, -0.05) is 104 Å². The van der Waals surface area contributed by atoms with Crippen LogP contribution in [0.2, 0.25) is 0 Å². The summed E-state index contributed by atoms with van der Waals surface area (Å²) >= 11 is 0. The molecular weight excluding hydrogens is 509 g/mol. The molecule has 0 aliphatic heterocycles. The zero-order chi connectivity index (χ0) is 26.0. The number of unbranched alkanes of at least 4 members (excludes halogenated alkanes) is 12. The molecule has 0 aliphatic carbocycles. The molecule has 0 amide bonds. The molecule has 206 valence electrons. The Kier molecular flexibility index (Phi) is 30.4. The zero-order valence-electron chi connectivity index (χ0n) is 23.1. The molecule has 5 atom stereocenters. The van der Waals surface area contributed by atoms with Crippen LogP contribution in [0.1, 0.15) is 110 Å². The fourth-order valence-corrected chi connectivity index (χ4v) is 4.56. The van der Waals surface area contributed by atoms with Crippen LogP contribution in [0.5, 0.6) is 0 Å². The fourth-order valence-electron chi connectivity index (χ4n) is 4.04. The predicted molar refractivity (Wildman–Crippen MR) is 128 cm³/mol. The van der Waals surface area contributed by atoms with Gasteiger partial charge in [0, 0.05) is 0 Å². The molecule has 0 spiro atoms. The molecule has 0 aromatic carbocycles. The second kappa shape index (κ2) is 25.8. The summed E-state index contributed by atoms with van der Waals surface area (Å²) in [5.74, 6) is 0.811. The molecule has 1 unspecified atom stereocenters. The maximum Gasteiger partial charge on any atom is 1.00 e. The third-order valence-electron chi connectivity index (χ3n) is 6.20. The molecule has 0 aromatic heterocycles. The molecule has 0 radical (unpaired) electrons. The van der Waals surface area contributed by atoms with E-state index in [1.165, 1.54) is 64.2 Å².